The van der Waals surface area contributed by atoms with Gasteiger partial charge in [-0.3, -0.25) is 0 Å². The molecule has 1 heterocycles. The molecule has 19 heavy (non-hydrogen) atoms. The first-order chi connectivity index (χ1) is 9.21. The number of hydrogen-bond acceptors (Lipinski definition) is 4. The van der Waals surface area contributed by atoms with E-state index in [2.05, 4.69) is 0 Å². The smallest absolute Gasteiger partial charge is 0.269 e. The highest BCUT2D eigenvalue weighted by Gasteiger charge is 2.37. The van der Waals surface area contributed by atoms with E-state index in [-0.39, 0.29) is 6.61 Å². The van der Waals surface area contributed by atoms with Crippen molar-refractivity contribution in [1.29, 1.82) is 0 Å². The fraction of sp³-hybridized carbons (Fsp3) is 0.200. The van der Waals surface area contributed by atoms with Crippen molar-refractivity contribution in [1.82, 2.24) is 0 Å². The Balaban J connectivity index is 1.92. The molecule has 1 unspecified atom stereocenters. The second kappa shape index (κ2) is 4.48. The first-order valence-corrected chi connectivity index (χ1v) is 5.99. The Morgan fingerprint density at radius 1 is 1.05 bits per heavy atom. The number of benzene rings is 2. The maximum Gasteiger partial charge on any atom is 0.269 e. The largest absolute Gasteiger partial charge is 0.497 e. The van der Waals surface area contributed by atoms with Crippen molar-refractivity contribution in [2.24, 2.45) is 0 Å². The molecule has 0 bridgehead atoms. The summed E-state index contributed by atoms with van der Waals surface area (Å²) in [4.78, 5) is 0. The van der Waals surface area contributed by atoms with E-state index in [1.54, 1.807) is 37.4 Å². The normalized spacial score (nSPS) is 20.9. The summed E-state index contributed by atoms with van der Waals surface area (Å²) >= 11 is 0. The molecule has 2 aromatic carbocycles. The lowest BCUT2D eigenvalue weighted by atomic mass is 10.1. The van der Waals surface area contributed by atoms with Crippen molar-refractivity contribution in [3.05, 3.63) is 54.1 Å². The van der Waals surface area contributed by atoms with E-state index in [1.165, 1.54) is 0 Å². The molecule has 0 aromatic heterocycles. The third kappa shape index (κ3) is 2.11. The van der Waals surface area contributed by atoms with Gasteiger partial charge in [0.1, 0.15) is 5.75 Å². The zero-order valence-electron chi connectivity index (χ0n) is 10.5. The summed E-state index contributed by atoms with van der Waals surface area (Å²) in [5, 5.41) is 10.6. The van der Waals surface area contributed by atoms with Crippen LogP contribution < -0.4 is 14.2 Å². The van der Waals surface area contributed by atoms with Gasteiger partial charge in [-0.05, 0) is 36.4 Å². The Bertz CT molecular complexity index is 579. The summed E-state index contributed by atoms with van der Waals surface area (Å²) in [6.45, 7) is 0.0519. The molecule has 0 saturated carbocycles. The number of rotatable bonds is 2. The van der Waals surface area contributed by atoms with Gasteiger partial charge in [0.25, 0.3) is 5.79 Å². The first-order valence-electron chi connectivity index (χ1n) is 5.99. The zero-order valence-corrected chi connectivity index (χ0v) is 10.5. The van der Waals surface area contributed by atoms with Crippen LogP contribution in [-0.2, 0) is 5.79 Å². The van der Waals surface area contributed by atoms with Gasteiger partial charge >= 0.3 is 0 Å². The predicted molar refractivity (Wildman–Crippen MR) is 69.5 cm³/mol. The molecule has 0 radical (unpaired) electrons. The highest BCUT2D eigenvalue weighted by Crippen LogP contribution is 2.38. The van der Waals surface area contributed by atoms with Crippen LogP contribution in [0.4, 0.5) is 0 Å². The maximum atomic E-state index is 10.6. The second-order valence-electron chi connectivity index (χ2n) is 4.35. The molecule has 4 heteroatoms. The summed E-state index contributed by atoms with van der Waals surface area (Å²) in [6.07, 6.45) is 0. The van der Waals surface area contributed by atoms with Crippen molar-refractivity contribution in [2.45, 2.75) is 5.79 Å². The SMILES string of the molecule is COc1ccc(C2(O)COc3ccccc3O2)cc1. The van der Waals surface area contributed by atoms with E-state index in [0.29, 0.717) is 17.1 Å². The van der Waals surface area contributed by atoms with Gasteiger partial charge in [0, 0.05) is 5.56 Å². The average molecular weight is 258 g/mol. The van der Waals surface area contributed by atoms with Crippen LogP contribution in [0.25, 0.3) is 0 Å². The Labute approximate surface area is 111 Å². The lowest BCUT2D eigenvalue weighted by Gasteiger charge is -2.34. The van der Waals surface area contributed by atoms with Crippen LogP contribution in [-0.4, -0.2) is 18.8 Å². The minimum absolute atomic E-state index is 0.0519. The monoisotopic (exact) mass is 258 g/mol. The molecule has 2 aromatic rings. The Morgan fingerprint density at radius 2 is 1.74 bits per heavy atom. The molecule has 98 valence electrons. The number of fused-ring (bicyclic) bond motifs is 1. The number of methoxy groups -OCH3 is 1. The van der Waals surface area contributed by atoms with E-state index in [1.807, 2.05) is 18.2 Å². The molecule has 0 aliphatic carbocycles. The molecular weight excluding hydrogens is 244 g/mol. The molecule has 1 aliphatic heterocycles. The van der Waals surface area contributed by atoms with Crippen LogP contribution in [0.3, 0.4) is 0 Å². The molecule has 4 nitrogen and oxygen atoms in total. The summed E-state index contributed by atoms with van der Waals surface area (Å²) in [5.41, 5.74) is 0.628. The summed E-state index contributed by atoms with van der Waals surface area (Å²) < 4.78 is 16.3. The fourth-order valence-corrected chi connectivity index (χ4v) is 2.03. The van der Waals surface area contributed by atoms with Gasteiger partial charge in [-0.2, -0.15) is 0 Å². The van der Waals surface area contributed by atoms with Gasteiger partial charge in [0.05, 0.1) is 7.11 Å². The average Bonchev–Trinajstić information content (AvgIpc) is 2.47. The van der Waals surface area contributed by atoms with E-state index in [4.69, 9.17) is 14.2 Å². The number of ether oxygens (including phenoxy) is 3. The Hall–Kier alpha value is -2.20. The fourth-order valence-electron chi connectivity index (χ4n) is 2.03. The zero-order chi connectivity index (χ0) is 13.3. The number of para-hydroxylation sites is 2. The van der Waals surface area contributed by atoms with Crippen molar-refractivity contribution in [2.75, 3.05) is 13.7 Å². The first kappa shape index (κ1) is 11.9. The molecule has 0 saturated heterocycles. The van der Waals surface area contributed by atoms with Crippen LogP contribution in [0, 0.1) is 0 Å². The minimum Gasteiger partial charge on any atom is -0.497 e. The Kier molecular flexibility index (Phi) is 2.80. The van der Waals surface area contributed by atoms with Gasteiger partial charge in [0.15, 0.2) is 18.1 Å². The van der Waals surface area contributed by atoms with E-state index >= 15 is 0 Å². The lowest BCUT2D eigenvalue weighted by molar-refractivity contribution is -0.182. The maximum absolute atomic E-state index is 10.6. The molecule has 0 spiro atoms. The minimum atomic E-state index is -1.47. The molecule has 0 fully saturated rings. The van der Waals surface area contributed by atoms with Gasteiger partial charge in [-0.15, -0.1) is 0 Å². The van der Waals surface area contributed by atoms with Crippen molar-refractivity contribution in [3.8, 4) is 17.2 Å². The molecular formula is C15H14O4. The summed E-state index contributed by atoms with van der Waals surface area (Å²) in [7, 11) is 1.60. The molecule has 1 aliphatic rings. The highest BCUT2D eigenvalue weighted by atomic mass is 16.7. The lowest BCUT2D eigenvalue weighted by Crippen LogP contribution is -2.41. The summed E-state index contributed by atoms with van der Waals surface area (Å²) in [5.74, 6) is 0.429. The topological polar surface area (TPSA) is 47.9 Å². The second-order valence-corrected chi connectivity index (χ2v) is 4.35. The predicted octanol–water partition coefficient (Wildman–Crippen LogP) is 2.31. The molecule has 1 atom stereocenters. The van der Waals surface area contributed by atoms with Crippen LogP contribution in [0.2, 0.25) is 0 Å². The standard InChI is InChI=1S/C15H14O4/c1-17-12-8-6-11(7-9-12)15(16)10-18-13-4-2-3-5-14(13)19-15/h2-9,16H,10H2,1H3. The Morgan fingerprint density at radius 3 is 2.42 bits per heavy atom. The van der Waals surface area contributed by atoms with Crippen molar-refractivity contribution < 1.29 is 19.3 Å². The quantitative estimate of drug-likeness (QED) is 0.898. The third-order valence-electron chi connectivity index (χ3n) is 3.09. The van der Waals surface area contributed by atoms with Gasteiger partial charge < -0.3 is 19.3 Å². The van der Waals surface area contributed by atoms with Gasteiger partial charge in [0.2, 0.25) is 0 Å². The van der Waals surface area contributed by atoms with E-state index < -0.39 is 5.79 Å². The van der Waals surface area contributed by atoms with Gasteiger partial charge in [-0.25, -0.2) is 0 Å². The summed E-state index contributed by atoms with van der Waals surface area (Å²) in [6, 6.07) is 14.3. The number of aliphatic hydroxyl groups is 1. The molecule has 1 N–H and O–H groups in total. The van der Waals surface area contributed by atoms with E-state index in [9.17, 15) is 5.11 Å². The number of hydrogen-bond donors (Lipinski definition) is 1. The van der Waals surface area contributed by atoms with E-state index in [0.717, 1.165) is 5.75 Å². The molecule has 3 rings (SSSR count). The molecule has 0 amide bonds. The van der Waals surface area contributed by atoms with Crippen molar-refractivity contribution in [3.63, 3.8) is 0 Å². The van der Waals surface area contributed by atoms with Crippen LogP contribution >= 0.6 is 0 Å². The van der Waals surface area contributed by atoms with Crippen LogP contribution in [0.5, 0.6) is 17.2 Å². The van der Waals surface area contributed by atoms with Crippen LogP contribution in [0.15, 0.2) is 48.5 Å². The van der Waals surface area contributed by atoms with Crippen LogP contribution in [0.1, 0.15) is 5.56 Å². The highest BCUT2D eigenvalue weighted by molar-refractivity contribution is 5.42. The third-order valence-corrected chi connectivity index (χ3v) is 3.09. The van der Waals surface area contributed by atoms with Gasteiger partial charge in [-0.1, -0.05) is 12.1 Å². The van der Waals surface area contributed by atoms with Crippen molar-refractivity contribution >= 4 is 0 Å².